The molecule has 102 valence electrons. The van der Waals surface area contributed by atoms with E-state index in [-0.39, 0.29) is 5.56 Å². The largest absolute Gasteiger partial charge is 0.478 e. The molecule has 4 N–H and O–H groups in total. The van der Waals surface area contributed by atoms with E-state index in [2.05, 4.69) is 0 Å². The molecule has 0 heterocycles. The lowest BCUT2D eigenvalue weighted by molar-refractivity contribution is -0.134. The first-order valence-electron chi connectivity index (χ1n) is 4.62. The van der Waals surface area contributed by atoms with Crippen molar-refractivity contribution >= 4 is 17.8 Å². The van der Waals surface area contributed by atoms with E-state index < -0.39 is 29.5 Å². The zero-order valence-electron chi connectivity index (χ0n) is 9.34. The Balaban J connectivity index is 0.000000362. The molecule has 1 amide bonds. The van der Waals surface area contributed by atoms with Crippen LogP contribution in [0, 0.1) is 11.6 Å². The van der Waals surface area contributed by atoms with Gasteiger partial charge in [-0.15, -0.1) is 0 Å². The molecule has 1 aromatic rings. The van der Waals surface area contributed by atoms with E-state index in [1.54, 1.807) is 0 Å². The van der Waals surface area contributed by atoms with E-state index in [1.807, 2.05) is 0 Å². The van der Waals surface area contributed by atoms with Gasteiger partial charge < -0.3 is 15.9 Å². The molecule has 1 rings (SSSR count). The van der Waals surface area contributed by atoms with Gasteiger partial charge in [0.2, 0.25) is 5.91 Å². The summed E-state index contributed by atoms with van der Waals surface area (Å²) >= 11 is 0. The summed E-state index contributed by atoms with van der Waals surface area (Å²) in [5.41, 5.74) is 4.61. The Labute approximate surface area is 105 Å². The van der Waals surface area contributed by atoms with Crippen LogP contribution < -0.4 is 5.73 Å². The molecule has 0 radical (unpaired) electrons. The molecule has 0 atom stereocenters. The Bertz CT molecular complexity index is 492. The SMILES string of the molecule is NC(=O)c1cc(F)cc(F)c1.O=C(O)/C=C/C(=O)O. The van der Waals surface area contributed by atoms with Crippen molar-refractivity contribution in [2.75, 3.05) is 0 Å². The third-order valence-corrected chi connectivity index (χ3v) is 1.52. The molecule has 1 aromatic carbocycles. The number of hydrogen-bond acceptors (Lipinski definition) is 3. The van der Waals surface area contributed by atoms with Gasteiger partial charge in [-0.1, -0.05) is 0 Å². The van der Waals surface area contributed by atoms with Crippen molar-refractivity contribution in [1.29, 1.82) is 0 Å². The number of rotatable bonds is 3. The number of hydrogen-bond donors (Lipinski definition) is 3. The number of halogens is 2. The highest BCUT2D eigenvalue weighted by Gasteiger charge is 2.03. The molecule has 19 heavy (non-hydrogen) atoms. The topological polar surface area (TPSA) is 118 Å². The number of carboxylic acid groups (broad SMARTS) is 2. The fourth-order valence-electron chi connectivity index (χ4n) is 0.839. The first-order valence-corrected chi connectivity index (χ1v) is 4.62. The van der Waals surface area contributed by atoms with Gasteiger partial charge in [0.05, 0.1) is 0 Å². The fraction of sp³-hybridized carbons (Fsp3) is 0. The van der Waals surface area contributed by atoms with Gasteiger partial charge >= 0.3 is 11.9 Å². The maximum atomic E-state index is 12.3. The van der Waals surface area contributed by atoms with Crippen LogP contribution in [0.4, 0.5) is 8.78 Å². The van der Waals surface area contributed by atoms with Crippen molar-refractivity contribution in [3.8, 4) is 0 Å². The Kier molecular flexibility index (Phi) is 6.44. The molecule has 0 aliphatic rings. The first-order chi connectivity index (χ1) is 8.72. The van der Waals surface area contributed by atoms with E-state index in [0.29, 0.717) is 18.2 Å². The minimum atomic E-state index is -1.26. The lowest BCUT2D eigenvalue weighted by Gasteiger charge is -1.94. The number of carboxylic acids is 2. The lowest BCUT2D eigenvalue weighted by Crippen LogP contribution is -2.11. The molecule has 0 saturated heterocycles. The number of aliphatic carboxylic acids is 2. The number of carbonyl (C=O) groups is 3. The van der Waals surface area contributed by atoms with E-state index in [1.165, 1.54) is 0 Å². The van der Waals surface area contributed by atoms with Crippen molar-refractivity contribution in [3.63, 3.8) is 0 Å². The lowest BCUT2D eigenvalue weighted by atomic mass is 10.2. The summed E-state index contributed by atoms with van der Waals surface area (Å²) in [5.74, 6) is -4.97. The van der Waals surface area contributed by atoms with Crippen LogP contribution in [0.2, 0.25) is 0 Å². The van der Waals surface area contributed by atoms with E-state index in [9.17, 15) is 23.2 Å². The summed E-state index contributed by atoms with van der Waals surface area (Å²) in [4.78, 5) is 29.5. The van der Waals surface area contributed by atoms with Crippen LogP contribution in [-0.4, -0.2) is 28.1 Å². The fourth-order valence-corrected chi connectivity index (χ4v) is 0.839. The zero-order chi connectivity index (χ0) is 15.0. The second-order valence-electron chi connectivity index (χ2n) is 3.03. The van der Waals surface area contributed by atoms with Crippen LogP contribution in [-0.2, 0) is 9.59 Å². The molecule has 0 spiro atoms. The summed E-state index contributed by atoms with van der Waals surface area (Å²) in [7, 11) is 0. The van der Waals surface area contributed by atoms with Gasteiger partial charge in [-0.3, -0.25) is 4.79 Å². The summed E-state index contributed by atoms with van der Waals surface area (Å²) in [6.07, 6.45) is 1.12. The second-order valence-corrected chi connectivity index (χ2v) is 3.03. The molecule has 0 bridgehead atoms. The van der Waals surface area contributed by atoms with Crippen molar-refractivity contribution in [2.24, 2.45) is 5.73 Å². The minimum absolute atomic E-state index is 0.164. The van der Waals surface area contributed by atoms with Crippen LogP contribution >= 0.6 is 0 Å². The van der Waals surface area contributed by atoms with Gasteiger partial charge in [0.1, 0.15) is 11.6 Å². The standard InChI is InChI=1S/C7H5F2NO.C4H4O4/c8-5-1-4(7(10)11)2-6(9)3-5;5-3(6)1-2-4(7)8/h1-3H,(H2,10,11);1-2H,(H,5,6)(H,7,8)/b;2-1+. The molecule has 0 aliphatic carbocycles. The van der Waals surface area contributed by atoms with Gasteiger partial charge in [0.25, 0.3) is 0 Å². The molecule has 0 saturated carbocycles. The quantitative estimate of drug-likeness (QED) is 0.703. The maximum absolute atomic E-state index is 12.3. The summed E-state index contributed by atoms with van der Waals surface area (Å²) in [6.45, 7) is 0. The van der Waals surface area contributed by atoms with Crippen LogP contribution in [0.15, 0.2) is 30.4 Å². The zero-order valence-corrected chi connectivity index (χ0v) is 9.34. The number of amides is 1. The maximum Gasteiger partial charge on any atom is 0.328 e. The molecule has 0 aromatic heterocycles. The minimum Gasteiger partial charge on any atom is -0.478 e. The highest BCUT2D eigenvalue weighted by molar-refractivity contribution is 5.92. The van der Waals surface area contributed by atoms with Crippen LogP contribution in [0.3, 0.4) is 0 Å². The van der Waals surface area contributed by atoms with Crippen molar-refractivity contribution in [3.05, 3.63) is 47.5 Å². The van der Waals surface area contributed by atoms with Gasteiger partial charge in [0, 0.05) is 23.8 Å². The van der Waals surface area contributed by atoms with Crippen molar-refractivity contribution in [1.82, 2.24) is 0 Å². The van der Waals surface area contributed by atoms with Gasteiger partial charge in [-0.05, 0) is 12.1 Å². The highest BCUT2D eigenvalue weighted by atomic mass is 19.1. The Morgan fingerprint density at radius 3 is 1.58 bits per heavy atom. The average Bonchev–Trinajstić information content (AvgIpc) is 2.25. The number of nitrogens with two attached hydrogens (primary N) is 1. The summed E-state index contributed by atoms with van der Waals surface area (Å²) in [5, 5.41) is 15.6. The van der Waals surface area contributed by atoms with E-state index >= 15 is 0 Å². The summed E-state index contributed by atoms with van der Waals surface area (Å²) < 4.78 is 24.7. The predicted octanol–water partition coefficient (Wildman–Crippen LogP) is 0.776. The Morgan fingerprint density at radius 2 is 1.32 bits per heavy atom. The number of primary amides is 1. The van der Waals surface area contributed by atoms with E-state index in [0.717, 1.165) is 12.1 Å². The van der Waals surface area contributed by atoms with Crippen LogP contribution in [0.25, 0.3) is 0 Å². The monoisotopic (exact) mass is 273 g/mol. The molecule has 8 heteroatoms. The molecular weight excluding hydrogens is 264 g/mol. The average molecular weight is 273 g/mol. The van der Waals surface area contributed by atoms with Crippen molar-refractivity contribution in [2.45, 2.75) is 0 Å². The van der Waals surface area contributed by atoms with Gasteiger partial charge in [-0.25, -0.2) is 18.4 Å². The van der Waals surface area contributed by atoms with Gasteiger partial charge in [0.15, 0.2) is 0 Å². The molecule has 0 fully saturated rings. The predicted molar refractivity (Wildman–Crippen MR) is 59.3 cm³/mol. The number of benzene rings is 1. The highest BCUT2D eigenvalue weighted by Crippen LogP contribution is 2.06. The molecule has 0 unspecified atom stereocenters. The van der Waals surface area contributed by atoms with Crippen LogP contribution in [0.1, 0.15) is 10.4 Å². The van der Waals surface area contributed by atoms with Crippen molar-refractivity contribution < 1.29 is 33.4 Å². The van der Waals surface area contributed by atoms with E-state index in [4.69, 9.17) is 15.9 Å². The molecule has 0 aliphatic heterocycles. The second kappa shape index (κ2) is 7.54. The summed E-state index contributed by atoms with van der Waals surface area (Å²) in [6, 6.07) is 2.43. The Hall–Kier alpha value is -2.77. The normalized spacial score (nSPS) is 9.58. The smallest absolute Gasteiger partial charge is 0.328 e. The third-order valence-electron chi connectivity index (χ3n) is 1.52. The third kappa shape index (κ3) is 8.02. The number of carbonyl (C=O) groups excluding carboxylic acids is 1. The molecular formula is C11H9F2NO5. The van der Waals surface area contributed by atoms with Crippen LogP contribution in [0.5, 0.6) is 0 Å². The molecule has 6 nitrogen and oxygen atoms in total. The first kappa shape index (κ1) is 16.2. The van der Waals surface area contributed by atoms with Gasteiger partial charge in [-0.2, -0.15) is 0 Å². The Morgan fingerprint density at radius 1 is 0.947 bits per heavy atom.